The topological polar surface area (TPSA) is 67.8 Å². The van der Waals surface area contributed by atoms with Gasteiger partial charge in [0.25, 0.3) is 5.91 Å². The van der Waals surface area contributed by atoms with E-state index in [1.165, 1.54) is 24.9 Å². The van der Waals surface area contributed by atoms with Crippen molar-refractivity contribution in [2.75, 3.05) is 0 Å². The van der Waals surface area contributed by atoms with Crippen LogP contribution in [0.25, 0.3) is 0 Å². The smallest absolute Gasteiger partial charge is 0.308 e. The van der Waals surface area contributed by atoms with Gasteiger partial charge in [-0.3, -0.25) is 9.59 Å². The van der Waals surface area contributed by atoms with E-state index in [0.717, 1.165) is 10.5 Å². The van der Waals surface area contributed by atoms with Crippen molar-refractivity contribution in [3.63, 3.8) is 0 Å². The molecule has 0 heterocycles. The second kappa shape index (κ2) is 8.88. The van der Waals surface area contributed by atoms with E-state index in [4.69, 9.17) is 4.74 Å². The van der Waals surface area contributed by atoms with Crippen molar-refractivity contribution in [3.8, 4) is 5.75 Å². The first-order valence-corrected chi connectivity index (χ1v) is 8.25. The normalized spacial score (nSPS) is 11.9. The van der Waals surface area contributed by atoms with Gasteiger partial charge in [-0.05, 0) is 48.9 Å². The summed E-state index contributed by atoms with van der Waals surface area (Å²) in [6.07, 6.45) is 1.54. The Morgan fingerprint density at radius 1 is 1.12 bits per heavy atom. The van der Waals surface area contributed by atoms with E-state index in [1.54, 1.807) is 24.3 Å². The minimum absolute atomic E-state index is 0.170. The number of hydrazone groups is 1. The van der Waals surface area contributed by atoms with Gasteiger partial charge < -0.3 is 4.74 Å². The SMILES string of the molecule is CC(=O)Oc1ccc(/C=N\NC(=O)[C@@H](C)Sc2ccccc2)cc1. The van der Waals surface area contributed by atoms with Crippen molar-refractivity contribution in [1.82, 2.24) is 5.43 Å². The summed E-state index contributed by atoms with van der Waals surface area (Å²) >= 11 is 1.47. The highest BCUT2D eigenvalue weighted by molar-refractivity contribution is 8.00. The van der Waals surface area contributed by atoms with Crippen LogP contribution in [0, 0.1) is 0 Å². The third-order valence-electron chi connectivity index (χ3n) is 2.96. The Morgan fingerprint density at radius 3 is 2.42 bits per heavy atom. The van der Waals surface area contributed by atoms with Gasteiger partial charge in [0.05, 0.1) is 11.5 Å². The van der Waals surface area contributed by atoms with E-state index in [-0.39, 0.29) is 17.1 Å². The van der Waals surface area contributed by atoms with Gasteiger partial charge in [-0.25, -0.2) is 5.43 Å². The van der Waals surface area contributed by atoms with E-state index >= 15 is 0 Å². The predicted octanol–water partition coefficient (Wildman–Crippen LogP) is 3.24. The average molecular weight is 342 g/mol. The van der Waals surface area contributed by atoms with Crippen molar-refractivity contribution in [2.24, 2.45) is 5.10 Å². The minimum Gasteiger partial charge on any atom is -0.427 e. The molecule has 0 bridgehead atoms. The molecule has 1 N–H and O–H groups in total. The summed E-state index contributed by atoms with van der Waals surface area (Å²) in [5, 5.41) is 3.70. The van der Waals surface area contributed by atoms with E-state index in [1.807, 2.05) is 37.3 Å². The molecule has 0 saturated carbocycles. The van der Waals surface area contributed by atoms with Crippen LogP contribution in [0.15, 0.2) is 64.6 Å². The number of ether oxygens (including phenoxy) is 1. The van der Waals surface area contributed by atoms with E-state index in [0.29, 0.717) is 5.75 Å². The lowest BCUT2D eigenvalue weighted by Crippen LogP contribution is -2.26. The fourth-order valence-corrected chi connectivity index (χ4v) is 2.69. The maximum absolute atomic E-state index is 12.0. The summed E-state index contributed by atoms with van der Waals surface area (Å²) in [6.45, 7) is 3.18. The first kappa shape index (κ1) is 17.7. The molecule has 0 aromatic heterocycles. The van der Waals surface area contributed by atoms with Crippen molar-refractivity contribution >= 4 is 29.9 Å². The summed E-state index contributed by atoms with van der Waals surface area (Å²) in [5.74, 6) is -0.0678. The molecule has 2 rings (SSSR count). The maximum atomic E-state index is 12.0. The second-order valence-electron chi connectivity index (χ2n) is 4.97. The summed E-state index contributed by atoms with van der Waals surface area (Å²) in [5.41, 5.74) is 3.31. The predicted molar refractivity (Wildman–Crippen MR) is 95.2 cm³/mol. The van der Waals surface area contributed by atoms with Gasteiger partial charge in [0.1, 0.15) is 5.75 Å². The van der Waals surface area contributed by atoms with Crippen LogP contribution >= 0.6 is 11.8 Å². The fraction of sp³-hybridized carbons (Fsp3) is 0.167. The molecule has 0 unspecified atom stereocenters. The van der Waals surface area contributed by atoms with Crippen LogP contribution in [0.1, 0.15) is 19.4 Å². The lowest BCUT2D eigenvalue weighted by atomic mass is 10.2. The van der Waals surface area contributed by atoms with Gasteiger partial charge in [0.2, 0.25) is 0 Å². The lowest BCUT2D eigenvalue weighted by molar-refractivity contribution is -0.131. The number of carbonyl (C=O) groups excluding carboxylic acids is 2. The van der Waals surface area contributed by atoms with Crippen LogP contribution in [0.3, 0.4) is 0 Å². The molecule has 5 nitrogen and oxygen atoms in total. The highest BCUT2D eigenvalue weighted by Gasteiger charge is 2.13. The zero-order chi connectivity index (χ0) is 17.4. The van der Waals surface area contributed by atoms with Crippen LogP contribution in [0.5, 0.6) is 5.75 Å². The van der Waals surface area contributed by atoms with Crippen molar-refractivity contribution in [1.29, 1.82) is 0 Å². The number of rotatable bonds is 6. The van der Waals surface area contributed by atoms with Crippen molar-refractivity contribution in [3.05, 3.63) is 60.2 Å². The molecule has 124 valence electrons. The molecule has 0 aliphatic heterocycles. The van der Waals surface area contributed by atoms with Crippen LogP contribution in [-0.2, 0) is 9.59 Å². The lowest BCUT2D eigenvalue weighted by Gasteiger charge is -2.09. The quantitative estimate of drug-likeness (QED) is 0.288. The van der Waals surface area contributed by atoms with Gasteiger partial charge in [0, 0.05) is 11.8 Å². The van der Waals surface area contributed by atoms with Gasteiger partial charge in [-0.15, -0.1) is 11.8 Å². The Bertz CT molecular complexity index is 715. The third-order valence-corrected chi connectivity index (χ3v) is 4.07. The molecule has 0 saturated heterocycles. The molecular weight excluding hydrogens is 324 g/mol. The number of benzene rings is 2. The molecule has 2 aromatic rings. The third kappa shape index (κ3) is 5.89. The Kier molecular flexibility index (Phi) is 6.57. The minimum atomic E-state index is -0.367. The number of carbonyl (C=O) groups is 2. The molecule has 1 amide bonds. The molecule has 24 heavy (non-hydrogen) atoms. The van der Waals surface area contributed by atoms with E-state index in [9.17, 15) is 9.59 Å². The molecule has 0 aliphatic rings. The Labute approximate surface area is 145 Å². The average Bonchev–Trinajstić information content (AvgIpc) is 2.56. The summed E-state index contributed by atoms with van der Waals surface area (Å²) in [4.78, 5) is 23.9. The molecule has 0 spiro atoms. The van der Waals surface area contributed by atoms with Crippen LogP contribution in [0.2, 0.25) is 0 Å². The molecule has 1 atom stereocenters. The van der Waals surface area contributed by atoms with Gasteiger partial charge in [0.15, 0.2) is 0 Å². The fourth-order valence-electron chi connectivity index (χ4n) is 1.81. The van der Waals surface area contributed by atoms with E-state index < -0.39 is 0 Å². The molecule has 0 aliphatic carbocycles. The first-order chi connectivity index (χ1) is 11.5. The molecule has 0 fully saturated rings. The highest BCUT2D eigenvalue weighted by atomic mass is 32.2. The summed E-state index contributed by atoms with van der Waals surface area (Å²) in [6, 6.07) is 16.6. The number of thioether (sulfide) groups is 1. The number of hydrogen-bond donors (Lipinski definition) is 1. The zero-order valence-electron chi connectivity index (χ0n) is 13.4. The molecule has 0 radical (unpaired) electrons. The number of nitrogens with one attached hydrogen (secondary N) is 1. The zero-order valence-corrected chi connectivity index (χ0v) is 14.2. The van der Waals surface area contributed by atoms with Gasteiger partial charge >= 0.3 is 5.97 Å². The second-order valence-corrected chi connectivity index (χ2v) is 6.38. The highest BCUT2D eigenvalue weighted by Crippen LogP contribution is 2.22. The van der Waals surface area contributed by atoms with Crippen LogP contribution < -0.4 is 10.2 Å². The molecule has 2 aromatic carbocycles. The number of hydrogen-bond acceptors (Lipinski definition) is 5. The maximum Gasteiger partial charge on any atom is 0.308 e. The number of esters is 1. The first-order valence-electron chi connectivity index (χ1n) is 7.37. The monoisotopic (exact) mass is 342 g/mol. The molecule has 6 heteroatoms. The summed E-state index contributed by atoms with van der Waals surface area (Å²) in [7, 11) is 0. The molecular formula is C18H18N2O3S. The standard InChI is InChI=1S/C18H18N2O3S/c1-13(24-17-6-4-3-5-7-17)18(22)20-19-12-15-8-10-16(11-9-15)23-14(2)21/h3-13H,1-2H3,(H,20,22)/b19-12-/t13-/m1/s1. The van der Waals surface area contributed by atoms with Crippen molar-refractivity contribution < 1.29 is 14.3 Å². The van der Waals surface area contributed by atoms with Gasteiger partial charge in [-0.2, -0.15) is 5.10 Å². The Balaban J connectivity index is 1.84. The van der Waals surface area contributed by atoms with Crippen LogP contribution in [-0.4, -0.2) is 23.3 Å². The summed E-state index contributed by atoms with van der Waals surface area (Å²) < 4.78 is 4.94. The largest absolute Gasteiger partial charge is 0.427 e. The Morgan fingerprint density at radius 2 is 1.79 bits per heavy atom. The van der Waals surface area contributed by atoms with E-state index in [2.05, 4.69) is 10.5 Å². The Hall–Kier alpha value is -2.60. The van der Waals surface area contributed by atoms with Crippen molar-refractivity contribution in [2.45, 2.75) is 24.0 Å². The van der Waals surface area contributed by atoms with Gasteiger partial charge in [-0.1, -0.05) is 18.2 Å². The number of amides is 1. The number of nitrogens with zero attached hydrogens (tertiary/aromatic N) is 1. The van der Waals surface area contributed by atoms with Crippen LogP contribution in [0.4, 0.5) is 0 Å².